The number of aromatic nitrogens is 1. The van der Waals surface area contributed by atoms with Crippen LogP contribution in [0, 0.1) is 0 Å². The maximum atomic E-state index is 12.4. The number of hydrogen-bond donors (Lipinski definition) is 1. The number of benzene rings is 2. The first-order chi connectivity index (χ1) is 11.6. The smallest absolute Gasteiger partial charge is 0.251 e. The van der Waals surface area contributed by atoms with E-state index in [0.717, 1.165) is 22.0 Å². The molecule has 1 amide bonds. The summed E-state index contributed by atoms with van der Waals surface area (Å²) in [6.45, 7) is 4.65. The molecule has 0 radical (unpaired) electrons. The SMILES string of the molecule is CC(C)=Cc1cccc(CNC(=O)c2ccc3ncccc3c2)c1. The Kier molecular flexibility index (Phi) is 4.71. The Labute approximate surface area is 142 Å². The second kappa shape index (κ2) is 7.09. The molecule has 0 unspecified atom stereocenters. The van der Waals surface area contributed by atoms with E-state index >= 15 is 0 Å². The Morgan fingerprint density at radius 2 is 1.96 bits per heavy atom. The molecule has 1 heterocycles. The summed E-state index contributed by atoms with van der Waals surface area (Å²) in [4.78, 5) is 16.7. The molecule has 3 aromatic rings. The normalized spacial score (nSPS) is 10.4. The van der Waals surface area contributed by atoms with Gasteiger partial charge in [-0.1, -0.05) is 35.9 Å². The topological polar surface area (TPSA) is 42.0 Å². The number of allylic oxidation sites excluding steroid dienone is 1. The van der Waals surface area contributed by atoms with Crippen LogP contribution in [0.3, 0.4) is 0 Å². The van der Waals surface area contributed by atoms with E-state index in [1.54, 1.807) is 6.20 Å². The van der Waals surface area contributed by atoms with Crippen molar-refractivity contribution in [1.29, 1.82) is 0 Å². The molecule has 24 heavy (non-hydrogen) atoms. The molecule has 0 aliphatic rings. The Morgan fingerprint density at radius 1 is 1.08 bits per heavy atom. The maximum Gasteiger partial charge on any atom is 0.251 e. The zero-order valence-corrected chi connectivity index (χ0v) is 13.9. The number of pyridine rings is 1. The number of amides is 1. The summed E-state index contributed by atoms with van der Waals surface area (Å²) in [6, 6.07) is 17.6. The summed E-state index contributed by atoms with van der Waals surface area (Å²) in [5, 5.41) is 3.95. The molecule has 0 aliphatic carbocycles. The third-order valence-electron chi connectivity index (χ3n) is 3.72. The molecule has 0 aliphatic heterocycles. The summed E-state index contributed by atoms with van der Waals surface area (Å²) in [5.41, 5.74) is 5.03. The molecule has 3 nitrogen and oxygen atoms in total. The fourth-order valence-electron chi connectivity index (χ4n) is 2.63. The number of nitrogens with one attached hydrogen (secondary N) is 1. The van der Waals surface area contributed by atoms with E-state index < -0.39 is 0 Å². The zero-order valence-electron chi connectivity index (χ0n) is 13.9. The fourth-order valence-corrected chi connectivity index (χ4v) is 2.63. The lowest BCUT2D eigenvalue weighted by molar-refractivity contribution is 0.0951. The molecular formula is C21H20N2O. The standard InChI is InChI=1S/C21H20N2O/c1-15(2)11-16-5-3-6-17(12-16)14-23-21(24)19-8-9-20-18(13-19)7-4-10-22-20/h3-13H,14H2,1-2H3,(H,23,24). The lowest BCUT2D eigenvalue weighted by Crippen LogP contribution is -2.22. The van der Waals surface area contributed by atoms with Crippen molar-refractivity contribution in [3.8, 4) is 0 Å². The van der Waals surface area contributed by atoms with Gasteiger partial charge in [0.25, 0.3) is 5.91 Å². The number of carbonyl (C=O) groups excluding carboxylic acids is 1. The van der Waals surface area contributed by atoms with E-state index in [9.17, 15) is 4.79 Å². The molecule has 3 rings (SSSR count). The highest BCUT2D eigenvalue weighted by molar-refractivity contribution is 5.97. The Bertz CT molecular complexity index is 908. The van der Waals surface area contributed by atoms with Gasteiger partial charge >= 0.3 is 0 Å². The predicted octanol–water partition coefficient (Wildman–Crippen LogP) is 4.59. The molecule has 0 atom stereocenters. The van der Waals surface area contributed by atoms with Crippen LogP contribution < -0.4 is 5.32 Å². The lowest BCUT2D eigenvalue weighted by Gasteiger charge is -2.07. The van der Waals surface area contributed by atoms with Gasteiger partial charge in [0.05, 0.1) is 5.52 Å². The summed E-state index contributed by atoms with van der Waals surface area (Å²) in [7, 11) is 0. The van der Waals surface area contributed by atoms with Crippen LogP contribution in [-0.4, -0.2) is 10.9 Å². The van der Waals surface area contributed by atoms with Crippen molar-refractivity contribution >= 4 is 22.9 Å². The minimum absolute atomic E-state index is 0.0756. The average molecular weight is 316 g/mol. The second-order valence-corrected chi connectivity index (χ2v) is 6.06. The van der Waals surface area contributed by atoms with Gasteiger partial charge in [0.15, 0.2) is 0 Å². The molecule has 1 aromatic heterocycles. The zero-order chi connectivity index (χ0) is 16.9. The minimum Gasteiger partial charge on any atom is -0.348 e. The molecule has 0 bridgehead atoms. The highest BCUT2D eigenvalue weighted by atomic mass is 16.1. The molecule has 0 saturated heterocycles. The molecule has 0 spiro atoms. The van der Waals surface area contributed by atoms with Crippen LogP contribution in [0.5, 0.6) is 0 Å². The van der Waals surface area contributed by atoms with Crippen molar-refractivity contribution in [3.05, 3.63) is 83.1 Å². The van der Waals surface area contributed by atoms with Crippen molar-refractivity contribution < 1.29 is 4.79 Å². The van der Waals surface area contributed by atoms with Crippen LogP contribution in [0.1, 0.15) is 35.3 Å². The fraction of sp³-hybridized carbons (Fsp3) is 0.143. The van der Waals surface area contributed by atoms with Crippen LogP contribution >= 0.6 is 0 Å². The van der Waals surface area contributed by atoms with Gasteiger partial charge in [0.1, 0.15) is 0 Å². The highest BCUT2D eigenvalue weighted by Gasteiger charge is 2.06. The predicted molar refractivity (Wildman–Crippen MR) is 98.7 cm³/mol. The van der Waals surface area contributed by atoms with Crippen molar-refractivity contribution in [2.24, 2.45) is 0 Å². The second-order valence-electron chi connectivity index (χ2n) is 6.06. The molecular weight excluding hydrogens is 296 g/mol. The molecule has 120 valence electrons. The maximum absolute atomic E-state index is 12.4. The van der Waals surface area contributed by atoms with E-state index in [1.807, 2.05) is 42.5 Å². The first kappa shape index (κ1) is 15.9. The average Bonchev–Trinajstić information content (AvgIpc) is 2.59. The molecule has 2 aromatic carbocycles. The van der Waals surface area contributed by atoms with Crippen LogP contribution in [0.4, 0.5) is 0 Å². The van der Waals surface area contributed by atoms with Crippen LogP contribution in [0.25, 0.3) is 17.0 Å². The third-order valence-corrected chi connectivity index (χ3v) is 3.72. The number of nitrogens with zero attached hydrogens (tertiary/aromatic N) is 1. The van der Waals surface area contributed by atoms with Gasteiger partial charge in [-0.15, -0.1) is 0 Å². The summed E-state index contributed by atoms with van der Waals surface area (Å²) < 4.78 is 0. The first-order valence-corrected chi connectivity index (χ1v) is 7.99. The van der Waals surface area contributed by atoms with Crippen molar-refractivity contribution in [2.75, 3.05) is 0 Å². The van der Waals surface area contributed by atoms with Crippen LogP contribution in [-0.2, 0) is 6.54 Å². The highest BCUT2D eigenvalue weighted by Crippen LogP contribution is 2.14. The van der Waals surface area contributed by atoms with Crippen molar-refractivity contribution in [2.45, 2.75) is 20.4 Å². The largest absolute Gasteiger partial charge is 0.348 e. The molecule has 1 N–H and O–H groups in total. The summed E-state index contributed by atoms with van der Waals surface area (Å²) in [6.07, 6.45) is 3.88. The van der Waals surface area contributed by atoms with E-state index in [0.29, 0.717) is 12.1 Å². The van der Waals surface area contributed by atoms with E-state index in [-0.39, 0.29) is 5.91 Å². The van der Waals surface area contributed by atoms with E-state index in [1.165, 1.54) is 5.57 Å². The van der Waals surface area contributed by atoms with Gasteiger partial charge in [-0.25, -0.2) is 0 Å². The molecule has 0 saturated carbocycles. The van der Waals surface area contributed by atoms with E-state index in [2.05, 4.69) is 42.4 Å². The Morgan fingerprint density at radius 3 is 2.79 bits per heavy atom. The van der Waals surface area contributed by atoms with Crippen LogP contribution in [0.15, 0.2) is 66.4 Å². The summed E-state index contributed by atoms with van der Waals surface area (Å²) >= 11 is 0. The Hall–Kier alpha value is -2.94. The number of fused-ring (bicyclic) bond motifs is 1. The number of hydrogen-bond acceptors (Lipinski definition) is 2. The quantitative estimate of drug-likeness (QED) is 0.765. The number of carbonyl (C=O) groups is 1. The van der Waals surface area contributed by atoms with Gasteiger partial charge in [0.2, 0.25) is 0 Å². The Balaban J connectivity index is 1.71. The van der Waals surface area contributed by atoms with Crippen LogP contribution in [0.2, 0.25) is 0 Å². The van der Waals surface area contributed by atoms with Crippen molar-refractivity contribution in [3.63, 3.8) is 0 Å². The van der Waals surface area contributed by atoms with E-state index in [4.69, 9.17) is 0 Å². The first-order valence-electron chi connectivity index (χ1n) is 7.99. The lowest BCUT2D eigenvalue weighted by atomic mass is 10.1. The monoisotopic (exact) mass is 316 g/mol. The molecule has 0 fully saturated rings. The summed E-state index contributed by atoms with van der Waals surface area (Å²) in [5.74, 6) is -0.0756. The number of rotatable bonds is 4. The third kappa shape index (κ3) is 3.87. The van der Waals surface area contributed by atoms with Gasteiger partial charge in [-0.05, 0) is 55.3 Å². The minimum atomic E-state index is -0.0756. The van der Waals surface area contributed by atoms with Gasteiger partial charge in [-0.3, -0.25) is 9.78 Å². The molecule has 3 heteroatoms. The van der Waals surface area contributed by atoms with Gasteiger partial charge in [-0.2, -0.15) is 0 Å². The van der Waals surface area contributed by atoms with Gasteiger partial charge in [0, 0.05) is 23.7 Å². The van der Waals surface area contributed by atoms with Gasteiger partial charge < -0.3 is 5.32 Å². The van der Waals surface area contributed by atoms with Crippen molar-refractivity contribution in [1.82, 2.24) is 10.3 Å².